The number of hydrogen-bond acceptors (Lipinski definition) is 2. The van der Waals surface area contributed by atoms with E-state index < -0.39 is 0 Å². The van der Waals surface area contributed by atoms with Crippen LogP contribution in [0.15, 0.2) is 0 Å². The van der Waals surface area contributed by atoms with Crippen molar-refractivity contribution in [1.29, 1.82) is 5.41 Å². The molecule has 0 aromatic rings. The molecule has 2 N–H and O–H groups in total. The van der Waals surface area contributed by atoms with Gasteiger partial charge in [0, 0.05) is 12.8 Å². The van der Waals surface area contributed by atoms with Gasteiger partial charge in [-0.1, -0.05) is 0 Å². The van der Waals surface area contributed by atoms with Gasteiger partial charge >= 0.3 is 0 Å². The second-order valence-electron chi connectivity index (χ2n) is 1.18. The van der Waals surface area contributed by atoms with E-state index in [2.05, 4.69) is 5.32 Å². The third-order valence-electron chi connectivity index (χ3n) is 0.641. The van der Waals surface area contributed by atoms with Crippen LogP contribution in [0.2, 0.25) is 0 Å². The van der Waals surface area contributed by atoms with E-state index in [-0.39, 0.29) is 0 Å². The second kappa shape index (κ2) is 0.792. The van der Waals surface area contributed by atoms with Crippen molar-refractivity contribution in [3.05, 3.63) is 0 Å². The molecule has 1 atom stereocenters. The van der Waals surface area contributed by atoms with E-state index in [1.807, 2.05) is 0 Å². The smallest absolute Gasteiger partial charge is 0.0545 e. The van der Waals surface area contributed by atoms with E-state index >= 15 is 0 Å². The van der Waals surface area contributed by atoms with Gasteiger partial charge in [-0.05, 0) is 0 Å². The van der Waals surface area contributed by atoms with Crippen LogP contribution in [-0.4, -0.2) is 18.8 Å². The second-order valence-corrected chi connectivity index (χ2v) is 1.18. The fraction of sp³-hybridized carbons (Fsp3) is 0.667. The highest BCUT2D eigenvalue weighted by molar-refractivity contribution is 5.64. The molecule has 1 aliphatic heterocycles. The summed E-state index contributed by atoms with van der Waals surface area (Å²) >= 11 is 0. The van der Waals surface area contributed by atoms with Gasteiger partial charge in [0.1, 0.15) is 0 Å². The molecule has 0 aromatic heterocycles. The van der Waals surface area contributed by atoms with Crippen molar-refractivity contribution in [2.24, 2.45) is 0 Å². The summed E-state index contributed by atoms with van der Waals surface area (Å²) in [7, 11) is 0. The molecule has 28 valence electrons. The van der Waals surface area contributed by atoms with Crippen molar-refractivity contribution in [2.45, 2.75) is 6.04 Å². The zero-order valence-electron chi connectivity index (χ0n) is 2.86. The fourth-order valence-electron chi connectivity index (χ4n) is 0.186. The van der Waals surface area contributed by atoms with E-state index in [1.54, 1.807) is 0 Å². The van der Waals surface area contributed by atoms with Gasteiger partial charge < -0.3 is 10.7 Å². The summed E-state index contributed by atoms with van der Waals surface area (Å²) in [4.78, 5) is 0. The molecule has 5 heavy (non-hydrogen) atoms. The maximum Gasteiger partial charge on any atom is 0.0545 e. The lowest BCUT2D eigenvalue weighted by atomic mass is 10.5. The third-order valence-corrected chi connectivity index (χ3v) is 0.641. The zero-order valence-corrected chi connectivity index (χ0v) is 2.86. The van der Waals surface area contributed by atoms with E-state index in [0.717, 1.165) is 6.54 Å². The molecule has 1 fully saturated rings. The van der Waals surface area contributed by atoms with Crippen LogP contribution in [0.1, 0.15) is 0 Å². The molecule has 1 saturated heterocycles. The summed E-state index contributed by atoms with van der Waals surface area (Å²) in [5.74, 6) is 0. The summed E-state index contributed by atoms with van der Waals surface area (Å²) in [6.45, 7) is 1.02. The van der Waals surface area contributed by atoms with Crippen LogP contribution >= 0.6 is 0 Å². The number of hydrogen-bond donors (Lipinski definition) is 2. The fourth-order valence-corrected chi connectivity index (χ4v) is 0.186. The molecular formula is C3H6N2. The van der Waals surface area contributed by atoms with E-state index in [4.69, 9.17) is 5.41 Å². The lowest BCUT2D eigenvalue weighted by Crippen LogP contribution is -1.86. The van der Waals surface area contributed by atoms with Gasteiger partial charge in [-0.2, -0.15) is 0 Å². The Kier molecular flexibility index (Phi) is 0.451. The first kappa shape index (κ1) is 2.85. The Bertz CT molecular complexity index is 46.9. The van der Waals surface area contributed by atoms with Crippen LogP contribution in [0.5, 0.6) is 0 Å². The molecule has 1 rings (SSSR count). The Morgan fingerprint density at radius 1 is 2.00 bits per heavy atom. The maximum absolute atomic E-state index is 6.53. The molecule has 1 unspecified atom stereocenters. The summed E-state index contributed by atoms with van der Waals surface area (Å²) < 4.78 is 0. The minimum Gasteiger partial charge on any atom is -0.311 e. The summed E-state index contributed by atoms with van der Waals surface area (Å²) in [6.07, 6.45) is 1.42. The van der Waals surface area contributed by atoms with Crippen molar-refractivity contribution >= 4 is 6.21 Å². The normalized spacial score (nSPS) is 33.2. The van der Waals surface area contributed by atoms with Crippen LogP contribution < -0.4 is 5.32 Å². The summed E-state index contributed by atoms with van der Waals surface area (Å²) in [5, 5.41) is 9.47. The maximum atomic E-state index is 6.53. The van der Waals surface area contributed by atoms with Crippen LogP contribution in [0.4, 0.5) is 0 Å². The molecule has 0 radical (unpaired) electrons. The first-order chi connectivity index (χ1) is 2.43. The van der Waals surface area contributed by atoms with Gasteiger partial charge in [0.25, 0.3) is 0 Å². The van der Waals surface area contributed by atoms with E-state index in [1.165, 1.54) is 6.21 Å². The minimum absolute atomic E-state index is 0.426. The zero-order chi connectivity index (χ0) is 3.70. The summed E-state index contributed by atoms with van der Waals surface area (Å²) in [5.41, 5.74) is 0. The lowest BCUT2D eigenvalue weighted by molar-refractivity contribution is 1.26. The van der Waals surface area contributed by atoms with Crippen LogP contribution in [0, 0.1) is 5.41 Å². The first-order valence-electron chi connectivity index (χ1n) is 1.67. The Morgan fingerprint density at radius 2 is 2.60 bits per heavy atom. The Morgan fingerprint density at radius 3 is 2.60 bits per heavy atom. The van der Waals surface area contributed by atoms with Gasteiger partial charge in [0.05, 0.1) is 6.04 Å². The number of rotatable bonds is 1. The van der Waals surface area contributed by atoms with Crippen LogP contribution in [0.25, 0.3) is 0 Å². The lowest BCUT2D eigenvalue weighted by Gasteiger charge is -1.60. The molecule has 0 aliphatic carbocycles. The van der Waals surface area contributed by atoms with Crippen molar-refractivity contribution < 1.29 is 0 Å². The van der Waals surface area contributed by atoms with Crippen molar-refractivity contribution in [2.75, 3.05) is 6.54 Å². The minimum atomic E-state index is 0.426. The van der Waals surface area contributed by atoms with Crippen LogP contribution in [-0.2, 0) is 0 Å². The third kappa shape index (κ3) is 0.450. The monoisotopic (exact) mass is 70.1 g/mol. The Hall–Kier alpha value is -0.370. The molecule has 2 heteroatoms. The average Bonchev–Trinajstić information content (AvgIpc) is 2.12. The quantitative estimate of drug-likeness (QED) is 0.320. The Labute approximate surface area is 30.7 Å². The molecule has 0 bridgehead atoms. The summed E-state index contributed by atoms with van der Waals surface area (Å²) in [6, 6.07) is 0.426. The van der Waals surface area contributed by atoms with Gasteiger partial charge in [0.15, 0.2) is 0 Å². The predicted molar refractivity (Wildman–Crippen MR) is 20.6 cm³/mol. The highest BCUT2D eigenvalue weighted by atomic mass is 15.1. The molecule has 0 spiro atoms. The SMILES string of the molecule is N=CC1CN1. The van der Waals surface area contributed by atoms with E-state index in [9.17, 15) is 0 Å². The topological polar surface area (TPSA) is 45.8 Å². The molecule has 0 amide bonds. The predicted octanol–water partition coefficient (Wildman–Crippen LogP) is -0.392. The largest absolute Gasteiger partial charge is 0.311 e. The van der Waals surface area contributed by atoms with Gasteiger partial charge in [-0.3, -0.25) is 0 Å². The van der Waals surface area contributed by atoms with Crippen molar-refractivity contribution in [3.63, 3.8) is 0 Å². The van der Waals surface area contributed by atoms with Gasteiger partial charge in [-0.25, -0.2) is 0 Å². The van der Waals surface area contributed by atoms with Gasteiger partial charge in [0.2, 0.25) is 0 Å². The molecule has 2 nitrogen and oxygen atoms in total. The standard InChI is InChI=1S/C3H6N2/c4-1-3-2-5-3/h1,3-5H,2H2. The van der Waals surface area contributed by atoms with E-state index in [0.29, 0.717) is 6.04 Å². The van der Waals surface area contributed by atoms with Crippen molar-refractivity contribution in [1.82, 2.24) is 5.32 Å². The van der Waals surface area contributed by atoms with Crippen molar-refractivity contribution in [3.8, 4) is 0 Å². The van der Waals surface area contributed by atoms with Gasteiger partial charge in [-0.15, -0.1) is 0 Å². The average molecular weight is 70.1 g/mol. The molecule has 0 saturated carbocycles. The Balaban J connectivity index is 2.21. The molecule has 1 aliphatic rings. The highest BCUT2D eigenvalue weighted by Crippen LogP contribution is 1.87. The molecular weight excluding hydrogens is 64.0 g/mol. The van der Waals surface area contributed by atoms with Crippen LogP contribution in [0.3, 0.4) is 0 Å². The molecule has 0 aromatic carbocycles. The molecule has 1 heterocycles. The highest BCUT2D eigenvalue weighted by Gasteiger charge is 2.14. The first-order valence-corrected chi connectivity index (χ1v) is 1.67. The number of nitrogens with one attached hydrogen (secondary N) is 2.